The monoisotopic (exact) mass is 1210 g/mol. The molecular formula is C67H107NO18. The number of carbonyl (C=O) groups excluding carboxylic acids is 1. The molecule has 0 spiro atoms. The third-order valence-electron chi connectivity index (χ3n) is 14.7. The van der Waals surface area contributed by atoms with Crippen LogP contribution in [0.3, 0.4) is 0 Å². The quantitative estimate of drug-likeness (QED) is 0.0225. The zero-order valence-corrected chi connectivity index (χ0v) is 51.0. The number of allylic oxidation sites excluding steroid dienone is 21. The van der Waals surface area contributed by atoms with Crippen molar-refractivity contribution in [1.82, 2.24) is 5.32 Å². The van der Waals surface area contributed by atoms with Crippen LogP contribution in [0.15, 0.2) is 134 Å². The summed E-state index contributed by atoms with van der Waals surface area (Å²) in [5.74, 6) is -0.329. The molecule has 17 atom stereocenters. The first-order valence-electron chi connectivity index (χ1n) is 31.4. The van der Waals surface area contributed by atoms with E-state index in [0.29, 0.717) is 12.8 Å². The van der Waals surface area contributed by atoms with Crippen molar-refractivity contribution in [2.24, 2.45) is 0 Å². The maximum atomic E-state index is 13.3. The van der Waals surface area contributed by atoms with Crippen LogP contribution in [0.2, 0.25) is 0 Å². The fraction of sp³-hybridized carbons (Fsp3) is 0.657. The van der Waals surface area contributed by atoms with Crippen molar-refractivity contribution in [3.63, 3.8) is 0 Å². The Labute approximate surface area is 511 Å². The highest BCUT2D eigenvalue weighted by Gasteiger charge is 2.53. The largest absolute Gasteiger partial charge is 0.394 e. The van der Waals surface area contributed by atoms with Crippen molar-refractivity contribution >= 4 is 5.91 Å². The first kappa shape index (κ1) is 76.2. The second kappa shape index (κ2) is 47.9. The van der Waals surface area contributed by atoms with Crippen molar-refractivity contribution in [3.8, 4) is 0 Å². The molecule has 0 aromatic heterocycles. The molecule has 19 nitrogen and oxygen atoms in total. The summed E-state index contributed by atoms with van der Waals surface area (Å²) in [6.45, 7) is 1.48. The van der Waals surface area contributed by atoms with E-state index in [2.05, 4.69) is 141 Å². The van der Waals surface area contributed by atoms with Crippen molar-refractivity contribution in [2.45, 2.75) is 253 Å². The second-order valence-corrected chi connectivity index (χ2v) is 21.8. The zero-order valence-electron chi connectivity index (χ0n) is 51.0. The lowest BCUT2D eigenvalue weighted by molar-refractivity contribution is -0.379. The predicted molar refractivity (Wildman–Crippen MR) is 332 cm³/mol. The van der Waals surface area contributed by atoms with Crippen LogP contribution in [0, 0.1) is 0 Å². The summed E-state index contributed by atoms with van der Waals surface area (Å²) in [4.78, 5) is 13.3. The SMILES string of the molecule is CC/C=C\C/C=C\C/C=C\C/C=C\C/C=C\C/C=C\C/C=C\C/C=C\C/C=C\C/C=C\CCCCC(=O)NC(COC1OC(CO)C(OC2OC(CO)C(OC3OC(CO)C(O)C(O)C3O)C(O)C2O)C(O)C1O)C(O)/C=C/CCCCCCCC. The second-order valence-electron chi connectivity index (χ2n) is 21.8. The molecule has 1 amide bonds. The Kier molecular flexibility index (Phi) is 42.4. The normalized spacial score (nSPS) is 29.7. The molecule has 488 valence electrons. The van der Waals surface area contributed by atoms with Gasteiger partial charge in [-0.1, -0.05) is 180 Å². The van der Waals surface area contributed by atoms with Crippen LogP contribution in [0.1, 0.15) is 149 Å². The third-order valence-corrected chi connectivity index (χ3v) is 14.7. The van der Waals surface area contributed by atoms with Crippen LogP contribution in [-0.2, 0) is 33.2 Å². The fourth-order valence-corrected chi connectivity index (χ4v) is 9.57. The molecule has 0 bridgehead atoms. The van der Waals surface area contributed by atoms with Crippen LogP contribution in [-0.4, -0.2) is 193 Å². The molecule has 0 aromatic carbocycles. The minimum Gasteiger partial charge on any atom is -0.394 e. The summed E-state index contributed by atoms with van der Waals surface area (Å²) in [7, 11) is 0. The average Bonchev–Trinajstić information content (AvgIpc) is 3.55. The van der Waals surface area contributed by atoms with Crippen LogP contribution < -0.4 is 5.32 Å². The topological polar surface area (TPSA) is 307 Å². The van der Waals surface area contributed by atoms with Gasteiger partial charge in [0.25, 0.3) is 0 Å². The molecule has 12 N–H and O–H groups in total. The molecule has 0 saturated carbocycles. The maximum Gasteiger partial charge on any atom is 0.220 e. The molecule has 19 heteroatoms. The van der Waals surface area contributed by atoms with E-state index >= 15 is 0 Å². The van der Waals surface area contributed by atoms with E-state index in [1.807, 2.05) is 6.08 Å². The van der Waals surface area contributed by atoms with Gasteiger partial charge < -0.3 is 89.9 Å². The molecule has 3 aliphatic rings. The lowest BCUT2D eigenvalue weighted by atomic mass is 9.96. The number of ether oxygens (including phenoxy) is 6. The van der Waals surface area contributed by atoms with Crippen LogP contribution in [0.5, 0.6) is 0 Å². The third kappa shape index (κ3) is 30.4. The summed E-state index contributed by atoms with van der Waals surface area (Å²) in [5.41, 5.74) is 0. The fourth-order valence-electron chi connectivity index (χ4n) is 9.57. The summed E-state index contributed by atoms with van der Waals surface area (Å²) in [5, 5.41) is 120. The maximum absolute atomic E-state index is 13.3. The molecule has 3 saturated heterocycles. The van der Waals surface area contributed by atoms with Gasteiger partial charge in [0.2, 0.25) is 5.91 Å². The van der Waals surface area contributed by atoms with Gasteiger partial charge in [0, 0.05) is 6.42 Å². The van der Waals surface area contributed by atoms with E-state index in [0.717, 1.165) is 109 Å². The van der Waals surface area contributed by atoms with Crippen molar-refractivity contribution in [1.29, 1.82) is 0 Å². The summed E-state index contributed by atoms with van der Waals surface area (Å²) < 4.78 is 34.1. The van der Waals surface area contributed by atoms with Gasteiger partial charge in [0.05, 0.1) is 38.6 Å². The molecule has 3 aliphatic heterocycles. The van der Waals surface area contributed by atoms with E-state index in [-0.39, 0.29) is 18.9 Å². The van der Waals surface area contributed by atoms with Gasteiger partial charge in [-0.15, -0.1) is 0 Å². The number of hydrogen-bond acceptors (Lipinski definition) is 18. The number of amides is 1. The molecule has 86 heavy (non-hydrogen) atoms. The number of unbranched alkanes of at least 4 members (excludes halogenated alkanes) is 8. The Morgan fingerprint density at radius 1 is 0.430 bits per heavy atom. The van der Waals surface area contributed by atoms with E-state index in [4.69, 9.17) is 28.4 Å². The van der Waals surface area contributed by atoms with Gasteiger partial charge in [0.15, 0.2) is 18.9 Å². The number of rotatable bonds is 44. The average molecular weight is 1210 g/mol. The van der Waals surface area contributed by atoms with Crippen LogP contribution in [0.25, 0.3) is 0 Å². The van der Waals surface area contributed by atoms with Gasteiger partial charge in [-0.05, 0) is 96.3 Å². The molecule has 3 rings (SSSR count). The smallest absolute Gasteiger partial charge is 0.220 e. The number of carbonyl (C=O) groups is 1. The summed E-state index contributed by atoms with van der Waals surface area (Å²) in [6.07, 6.45) is 39.0. The molecular weight excluding hydrogens is 1110 g/mol. The van der Waals surface area contributed by atoms with Gasteiger partial charge in [-0.3, -0.25) is 4.79 Å². The molecule has 17 unspecified atom stereocenters. The van der Waals surface area contributed by atoms with E-state index in [1.165, 1.54) is 6.42 Å². The van der Waals surface area contributed by atoms with Gasteiger partial charge >= 0.3 is 0 Å². The first-order chi connectivity index (χ1) is 41.8. The lowest BCUT2D eigenvalue weighted by Crippen LogP contribution is -2.66. The van der Waals surface area contributed by atoms with E-state index in [9.17, 15) is 61.0 Å². The minimum absolute atomic E-state index is 0.177. The Morgan fingerprint density at radius 2 is 0.802 bits per heavy atom. The summed E-state index contributed by atoms with van der Waals surface area (Å²) in [6, 6.07) is -1.00. The molecule has 0 aliphatic carbocycles. The Hall–Kier alpha value is -4.07. The zero-order chi connectivity index (χ0) is 62.6. The van der Waals surface area contributed by atoms with Crippen molar-refractivity contribution in [3.05, 3.63) is 134 Å². The standard InChI is InChI=1S/C67H107NO18/c1-3-5-7-9-11-13-14-15-16-17-18-19-20-21-22-23-24-25-26-27-28-29-30-31-32-33-34-35-36-37-39-41-43-45-55(73)68-50(51(72)44-42-40-38-12-10-8-6-4-2)49-81-65-61(79)58(76)63(53(47-70)83-65)86-67-62(80)59(77)64(54(48-71)84-67)85-66-60(78)57(75)56(74)52(46-69)82-66/h5,7,11,13,15-16,18-19,21-22,24-25,27-28,30-31,33-34,36-37,42,44,50-54,56-67,69-72,74-80H,3-4,6,8-10,12,14,17,20,23,26,29,32,35,38-41,43,45-49H2,1-2H3,(H,68,73)/b7-5-,13-11-,16-15-,19-18-,22-21-,25-24-,28-27-,31-30-,34-33-,37-36-,44-42+. The highest BCUT2D eigenvalue weighted by molar-refractivity contribution is 5.76. The Balaban J connectivity index is 1.40. The van der Waals surface area contributed by atoms with Crippen molar-refractivity contribution in [2.75, 3.05) is 26.4 Å². The van der Waals surface area contributed by atoms with Crippen LogP contribution >= 0.6 is 0 Å². The Bertz CT molecular complexity index is 2080. The minimum atomic E-state index is -1.99. The van der Waals surface area contributed by atoms with Crippen LogP contribution in [0.4, 0.5) is 0 Å². The Morgan fingerprint density at radius 3 is 1.26 bits per heavy atom. The first-order valence-corrected chi connectivity index (χ1v) is 31.4. The number of aliphatic hydroxyl groups excluding tert-OH is 11. The van der Waals surface area contributed by atoms with Gasteiger partial charge in [-0.2, -0.15) is 0 Å². The number of hydrogen-bond donors (Lipinski definition) is 12. The number of nitrogens with one attached hydrogen (secondary N) is 1. The summed E-state index contributed by atoms with van der Waals surface area (Å²) >= 11 is 0. The van der Waals surface area contributed by atoms with Gasteiger partial charge in [0.1, 0.15) is 73.2 Å². The molecule has 3 fully saturated rings. The predicted octanol–water partition coefficient (Wildman–Crippen LogP) is 6.65. The molecule has 0 radical (unpaired) electrons. The lowest BCUT2D eigenvalue weighted by Gasteiger charge is -2.48. The van der Waals surface area contributed by atoms with E-state index in [1.54, 1.807) is 6.08 Å². The van der Waals surface area contributed by atoms with Crippen molar-refractivity contribution < 1.29 is 89.4 Å². The molecule has 0 aromatic rings. The highest BCUT2D eigenvalue weighted by Crippen LogP contribution is 2.33. The molecule has 3 heterocycles. The highest BCUT2D eigenvalue weighted by atomic mass is 16.8. The number of aliphatic hydroxyl groups is 11. The van der Waals surface area contributed by atoms with E-state index < -0.39 is 124 Å². The van der Waals surface area contributed by atoms with Gasteiger partial charge in [-0.25, -0.2) is 0 Å².